The third kappa shape index (κ3) is 4.26. The number of rotatable bonds is 6. The number of hydrogen-bond donors (Lipinski definition) is 2. The maximum Gasteiger partial charge on any atom is 0.251 e. The molecule has 0 saturated heterocycles. The zero-order chi connectivity index (χ0) is 13.5. The first-order valence-electron chi connectivity index (χ1n) is 6.22. The fourth-order valence-corrected chi connectivity index (χ4v) is 2.41. The number of aryl methyl sites for hydroxylation is 1. The molecule has 100 valence electrons. The first-order valence-corrected chi connectivity index (χ1v) is 7.62. The molecule has 3 nitrogen and oxygen atoms in total. The summed E-state index contributed by atoms with van der Waals surface area (Å²) in [6.45, 7) is 6.93. The zero-order valence-electron chi connectivity index (χ0n) is 11.5. The van der Waals surface area contributed by atoms with Crippen LogP contribution in [0.3, 0.4) is 0 Å². The van der Waals surface area contributed by atoms with Gasteiger partial charge in [-0.2, -0.15) is 11.8 Å². The summed E-state index contributed by atoms with van der Waals surface area (Å²) in [5, 5.41) is 6.25. The number of anilines is 1. The largest absolute Gasteiger partial charge is 0.385 e. The average Bonchev–Trinajstić information content (AvgIpc) is 2.29. The first kappa shape index (κ1) is 14.9. The van der Waals surface area contributed by atoms with Gasteiger partial charge in [-0.25, -0.2) is 0 Å². The molecule has 0 radical (unpaired) electrons. The van der Waals surface area contributed by atoms with Gasteiger partial charge in [0, 0.05) is 29.6 Å². The van der Waals surface area contributed by atoms with Gasteiger partial charge in [0.15, 0.2) is 0 Å². The lowest BCUT2D eigenvalue weighted by atomic mass is 10.1. The van der Waals surface area contributed by atoms with Crippen LogP contribution >= 0.6 is 11.8 Å². The summed E-state index contributed by atoms with van der Waals surface area (Å²) >= 11 is 1.74. The number of thioether (sulfide) groups is 1. The van der Waals surface area contributed by atoms with E-state index in [4.69, 9.17) is 0 Å². The summed E-state index contributed by atoms with van der Waals surface area (Å²) in [6, 6.07) is 6.04. The Kier molecular flexibility index (Phi) is 6.05. The van der Waals surface area contributed by atoms with E-state index in [1.807, 2.05) is 38.3 Å². The van der Waals surface area contributed by atoms with Crippen molar-refractivity contribution >= 4 is 23.4 Å². The lowest BCUT2D eigenvalue weighted by Gasteiger charge is -2.14. The van der Waals surface area contributed by atoms with Crippen molar-refractivity contribution in [1.82, 2.24) is 5.32 Å². The molecule has 1 aromatic carbocycles. The van der Waals surface area contributed by atoms with E-state index in [-0.39, 0.29) is 11.9 Å². The lowest BCUT2D eigenvalue weighted by molar-refractivity contribution is 0.0943. The molecule has 2 N–H and O–H groups in total. The quantitative estimate of drug-likeness (QED) is 0.832. The van der Waals surface area contributed by atoms with Gasteiger partial charge in [0.25, 0.3) is 5.91 Å². The second-order valence-electron chi connectivity index (χ2n) is 4.39. The minimum atomic E-state index is 0.0112. The molecule has 0 spiro atoms. The molecular weight excluding hydrogens is 244 g/mol. The van der Waals surface area contributed by atoms with Crippen molar-refractivity contribution in [2.75, 3.05) is 23.9 Å². The Labute approximate surface area is 114 Å². The van der Waals surface area contributed by atoms with E-state index in [2.05, 4.69) is 17.6 Å². The predicted octanol–water partition coefficient (Wildman–Crippen LogP) is 2.91. The van der Waals surface area contributed by atoms with Gasteiger partial charge in [-0.1, -0.05) is 0 Å². The molecule has 0 fully saturated rings. The van der Waals surface area contributed by atoms with Gasteiger partial charge >= 0.3 is 0 Å². The summed E-state index contributed by atoms with van der Waals surface area (Å²) in [5.74, 6) is 0.942. The molecule has 1 aromatic rings. The van der Waals surface area contributed by atoms with Crippen LogP contribution in [0.1, 0.15) is 29.8 Å². The topological polar surface area (TPSA) is 41.1 Å². The monoisotopic (exact) mass is 266 g/mol. The van der Waals surface area contributed by atoms with Gasteiger partial charge in [-0.05, 0) is 50.8 Å². The summed E-state index contributed by atoms with van der Waals surface area (Å²) in [5.41, 5.74) is 2.82. The maximum atomic E-state index is 12.1. The molecule has 1 atom stereocenters. The van der Waals surface area contributed by atoms with Crippen LogP contribution in [0.25, 0.3) is 0 Å². The summed E-state index contributed by atoms with van der Waals surface area (Å²) < 4.78 is 0. The van der Waals surface area contributed by atoms with Crippen molar-refractivity contribution in [1.29, 1.82) is 0 Å². The number of benzene rings is 1. The molecule has 0 saturated carbocycles. The Morgan fingerprint density at radius 2 is 2.17 bits per heavy atom. The number of carbonyl (C=O) groups excluding carboxylic acids is 1. The predicted molar refractivity (Wildman–Crippen MR) is 80.7 cm³/mol. The van der Waals surface area contributed by atoms with Gasteiger partial charge < -0.3 is 10.6 Å². The summed E-state index contributed by atoms with van der Waals surface area (Å²) in [4.78, 5) is 12.1. The number of hydrogen-bond acceptors (Lipinski definition) is 3. The van der Waals surface area contributed by atoms with Crippen LogP contribution in [0.4, 0.5) is 5.69 Å². The molecule has 0 aromatic heterocycles. The zero-order valence-corrected chi connectivity index (χ0v) is 12.4. The van der Waals surface area contributed by atoms with Crippen LogP contribution in [-0.2, 0) is 0 Å². The second kappa shape index (κ2) is 7.31. The van der Waals surface area contributed by atoms with Crippen LogP contribution < -0.4 is 10.6 Å². The Balaban J connectivity index is 2.74. The highest BCUT2D eigenvalue weighted by Gasteiger charge is 2.11. The minimum absolute atomic E-state index is 0.0112. The van der Waals surface area contributed by atoms with Gasteiger partial charge in [-0.3, -0.25) is 4.79 Å². The number of nitrogens with one attached hydrogen (secondary N) is 2. The highest BCUT2D eigenvalue weighted by molar-refractivity contribution is 7.98. The highest BCUT2D eigenvalue weighted by atomic mass is 32.2. The fourth-order valence-electron chi connectivity index (χ4n) is 1.83. The molecule has 4 heteroatoms. The third-order valence-electron chi connectivity index (χ3n) is 2.65. The molecular formula is C14H22N2OS. The smallest absolute Gasteiger partial charge is 0.251 e. The molecule has 1 amide bonds. The van der Waals surface area contributed by atoms with Crippen molar-refractivity contribution in [3.05, 3.63) is 29.3 Å². The van der Waals surface area contributed by atoms with E-state index in [1.54, 1.807) is 11.8 Å². The molecule has 1 unspecified atom stereocenters. The van der Waals surface area contributed by atoms with Crippen molar-refractivity contribution in [3.8, 4) is 0 Å². The Hall–Kier alpha value is -1.16. The van der Waals surface area contributed by atoms with Crippen LogP contribution in [0.15, 0.2) is 18.2 Å². The van der Waals surface area contributed by atoms with E-state index >= 15 is 0 Å². The SMILES string of the molecule is CCNc1ccc(C(=O)NC(C)CSC)c(C)c1. The molecule has 0 aliphatic carbocycles. The maximum absolute atomic E-state index is 12.1. The fraction of sp³-hybridized carbons (Fsp3) is 0.500. The summed E-state index contributed by atoms with van der Waals surface area (Å²) in [7, 11) is 0. The standard InChI is InChI=1S/C14H22N2OS/c1-5-15-12-6-7-13(10(2)8-12)14(17)16-11(3)9-18-4/h6-8,11,15H,5,9H2,1-4H3,(H,16,17). The molecule has 1 rings (SSSR count). The van der Waals surface area contributed by atoms with Gasteiger partial charge in [0.1, 0.15) is 0 Å². The highest BCUT2D eigenvalue weighted by Crippen LogP contribution is 2.15. The molecule has 0 heterocycles. The van der Waals surface area contributed by atoms with Crippen LogP contribution in [0.2, 0.25) is 0 Å². The lowest BCUT2D eigenvalue weighted by Crippen LogP contribution is -2.34. The Morgan fingerprint density at radius 1 is 1.44 bits per heavy atom. The number of carbonyl (C=O) groups is 1. The molecule has 18 heavy (non-hydrogen) atoms. The van der Waals surface area contributed by atoms with E-state index < -0.39 is 0 Å². The van der Waals surface area contributed by atoms with Crippen molar-refractivity contribution in [2.45, 2.75) is 26.8 Å². The van der Waals surface area contributed by atoms with E-state index in [1.165, 1.54) is 0 Å². The van der Waals surface area contributed by atoms with Gasteiger partial charge in [0.2, 0.25) is 0 Å². The van der Waals surface area contributed by atoms with Crippen LogP contribution in [-0.4, -0.2) is 30.5 Å². The van der Waals surface area contributed by atoms with Crippen molar-refractivity contribution in [2.24, 2.45) is 0 Å². The number of amides is 1. The normalized spacial score (nSPS) is 12.0. The average molecular weight is 266 g/mol. The van der Waals surface area contributed by atoms with Gasteiger partial charge in [-0.15, -0.1) is 0 Å². The van der Waals surface area contributed by atoms with Crippen LogP contribution in [0, 0.1) is 6.92 Å². The summed E-state index contributed by atoms with van der Waals surface area (Å²) in [6.07, 6.45) is 2.04. The Morgan fingerprint density at radius 3 is 2.72 bits per heavy atom. The van der Waals surface area contributed by atoms with E-state index in [0.29, 0.717) is 0 Å². The minimum Gasteiger partial charge on any atom is -0.385 e. The van der Waals surface area contributed by atoms with Crippen molar-refractivity contribution in [3.63, 3.8) is 0 Å². The first-order chi connectivity index (χ1) is 8.58. The molecule has 0 aliphatic heterocycles. The molecule has 0 bridgehead atoms. The van der Waals surface area contributed by atoms with Gasteiger partial charge in [0.05, 0.1) is 0 Å². The van der Waals surface area contributed by atoms with Crippen LogP contribution in [0.5, 0.6) is 0 Å². The van der Waals surface area contributed by atoms with Crippen molar-refractivity contribution < 1.29 is 4.79 Å². The van der Waals surface area contributed by atoms with E-state index in [9.17, 15) is 4.79 Å². The second-order valence-corrected chi connectivity index (χ2v) is 5.30. The van der Waals surface area contributed by atoms with E-state index in [0.717, 1.165) is 29.1 Å². The Bertz CT molecular complexity index is 407. The molecule has 0 aliphatic rings. The third-order valence-corrected chi connectivity index (χ3v) is 3.48.